The number of carbonyl (C=O) groups is 1. The van der Waals surface area contributed by atoms with E-state index in [1.54, 1.807) is 12.1 Å². The summed E-state index contributed by atoms with van der Waals surface area (Å²) in [7, 11) is 0. The normalized spacial score (nSPS) is 11.9. The minimum absolute atomic E-state index is 0.301. The molecular formula is C15H21NO2. The number of carboxylic acids is 1. The molecule has 1 aromatic rings. The van der Waals surface area contributed by atoms with E-state index >= 15 is 0 Å². The molecule has 0 fully saturated rings. The lowest BCUT2D eigenvalue weighted by atomic mass is 10.0. The second-order valence-corrected chi connectivity index (χ2v) is 4.60. The van der Waals surface area contributed by atoms with E-state index in [1.165, 1.54) is 0 Å². The van der Waals surface area contributed by atoms with Crippen molar-refractivity contribution in [2.45, 2.75) is 46.1 Å². The molecule has 98 valence electrons. The number of hydrogen-bond donors (Lipinski definition) is 1. The van der Waals surface area contributed by atoms with E-state index in [2.05, 4.69) is 25.8 Å². The monoisotopic (exact) mass is 247 g/mol. The van der Waals surface area contributed by atoms with Crippen LogP contribution in [0, 0.1) is 0 Å². The number of nitrogens with zero attached hydrogens (tertiary/aromatic N) is 1. The number of hydrogen-bond acceptors (Lipinski definition) is 2. The highest BCUT2D eigenvalue weighted by atomic mass is 16.4. The zero-order valence-corrected chi connectivity index (χ0v) is 11.3. The number of benzene rings is 1. The van der Waals surface area contributed by atoms with E-state index in [-0.39, 0.29) is 0 Å². The van der Waals surface area contributed by atoms with Gasteiger partial charge in [0.05, 0.1) is 5.56 Å². The van der Waals surface area contributed by atoms with Crippen molar-refractivity contribution in [3.8, 4) is 0 Å². The van der Waals surface area contributed by atoms with Crippen LogP contribution >= 0.6 is 0 Å². The summed E-state index contributed by atoms with van der Waals surface area (Å²) in [6, 6.07) is 7.48. The number of rotatable bonds is 6. The Morgan fingerprint density at radius 3 is 2.56 bits per heavy atom. The van der Waals surface area contributed by atoms with Gasteiger partial charge in [-0.1, -0.05) is 25.1 Å². The van der Waals surface area contributed by atoms with Crippen molar-refractivity contribution in [1.29, 1.82) is 0 Å². The van der Waals surface area contributed by atoms with E-state index in [0.29, 0.717) is 11.6 Å². The molecule has 3 heteroatoms. The predicted octanol–water partition coefficient (Wildman–Crippen LogP) is 3.58. The van der Waals surface area contributed by atoms with Crippen LogP contribution in [-0.2, 0) is 6.42 Å². The molecule has 18 heavy (non-hydrogen) atoms. The largest absolute Gasteiger partial charge is 0.478 e. The van der Waals surface area contributed by atoms with Crippen molar-refractivity contribution < 1.29 is 9.90 Å². The molecule has 0 aliphatic heterocycles. The molecule has 0 atom stereocenters. The molecule has 0 heterocycles. The van der Waals surface area contributed by atoms with E-state index in [9.17, 15) is 4.79 Å². The highest BCUT2D eigenvalue weighted by Crippen LogP contribution is 2.12. The fourth-order valence-corrected chi connectivity index (χ4v) is 1.92. The first-order valence-electron chi connectivity index (χ1n) is 6.41. The molecule has 0 aliphatic carbocycles. The predicted molar refractivity (Wildman–Crippen MR) is 74.6 cm³/mol. The van der Waals surface area contributed by atoms with Gasteiger partial charge in [0, 0.05) is 11.8 Å². The first-order chi connectivity index (χ1) is 8.54. The number of aryl methyl sites for hydroxylation is 1. The van der Waals surface area contributed by atoms with Crippen LogP contribution in [0.5, 0.6) is 0 Å². The van der Waals surface area contributed by atoms with Gasteiger partial charge in [-0.3, -0.25) is 4.99 Å². The Bertz CT molecular complexity index is 436. The molecule has 0 unspecified atom stereocenters. The van der Waals surface area contributed by atoms with Crippen molar-refractivity contribution in [2.75, 3.05) is 0 Å². The summed E-state index contributed by atoms with van der Waals surface area (Å²) in [5.74, 6) is -0.857. The summed E-state index contributed by atoms with van der Waals surface area (Å²) in [5, 5.41) is 9.10. The Morgan fingerprint density at radius 2 is 2.00 bits per heavy atom. The maximum absolute atomic E-state index is 11.1. The quantitative estimate of drug-likeness (QED) is 0.781. The minimum Gasteiger partial charge on any atom is -0.478 e. The molecule has 0 spiro atoms. The standard InChI is InChI=1S/C15H21NO2/c1-4-13(16-11(2)3)10-9-12-7-5-6-8-14(12)15(17)18/h5-8,11H,4,9-10H2,1-3H3,(H,17,18). The van der Waals surface area contributed by atoms with Gasteiger partial charge < -0.3 is 5.11 Å². The van der Waals surface area contributed by atoms with E-state index < -0.39 is 5.97 Å². The summed E-state index contributed by atoms with van der Waals surface area (Å²) in [4.78, 5) is 15.6. The van der Waals surface area contributed by atoms with Crippen LogP contribution in [-0.4, -0.2) is 22.8 Å². The Labute approximate surface area is 109 Å². The van der Waals surface area contributed by atoms with Crippen LogP contribution in [0.3, 0.4) is 0 Å². The maximum atomic E-state index is 11.1. The summed E-state index contributed by atoms with van der Waals surface area (Å²) in [6.45, 7) is 6.20. The molecule has 0 radical (unpaired) electrons. The van der Waals surface area contributed by atoms with Crippen LogP contribution < -0.4 is 0 Å². The highest BCUT2D eigenvalue weighted by molar-refractivity contribution is 5.90. The average Bonchev–Trinajstić information content (AvgIpc) is 2.34. The van der Waals surface area contributed by atoms with Crippen LogP contribution in [0.25, 0.3) is 0 Å². The van der Waals surface area contributed by atoms with E-state index in [4.69, 9.17) is 5.11 Å². The van der Waals surface area contributed by atoms with Gasteiger partial charge in [-0.05, 0) is 44.7 Å². The molecule has 1 rings (SSSR count). The molecule has 1 N–H and O–H groups in total. The van der Waals surface area contributed by atoms with Gasteiger partial charge in [0.15, 0.2) is 0 Å². The Kier molecular flexibility index (Phi) is 5.56. The van der Waals surface area contributed by atoms with Crippen LogP contribution in [0.1, 0.15) is 49.5 Å². The van der Waals surface area contributed by atoms with Gasteiger partial charge in [-0.2, -0.15) is 0 Å². The van der Waals surface area contributed by atoms with Crippen LogP contribution in [0.2, 0.25) is 0 Å². The molecule has 0 bridgehead atoms. The van der Waals surface area contributed by atoms with Crippen molar-refractivity contribution in [3.63, 3.8) is 0 Å². The average molecular weight is 247 g/mol. The number of aliphatic imine (C=N–C) groups is 1. The molecular weight excluding hydrogens is 226 g/mol. The van der Waals surface area contributed by atoms with Crippen molar-refractivity contribution in [2.24, 2.45) is 4.99 Å². The fraction of sp³-hybridized carbons (Fsp3) is 0.467. The Balaban J connectivity index is 2.77. The first-order valence-corrected chi connectivity index (χ1v) is 6.41. The molecule has 0 amide bonds. The Morgan fingerprint density at radius 1 is 1.33 bits per heavy atom. The minimum atomic E-state index is -0.857. The molecule has 0 saturated carbocycles. The highest BCUT2D eigenvalue weighted by Gasteiger charge is 2.09. The Hall–Kier alpha value is -1.64. The summed E-state index contributed by atoms with van der Waals surface area (Å²) in [5.41, 5.74) is 2.44. The summed E-state index contributed by atoms with van der Waals surface area (Å²) < 4.78 is 0. The molecule has 0 aromatic heterocycles. The molecule has 1 aromatic carbocycles. The van der Waals surface area contributed by atoms with Crippen molar-refractivity contribution in [3.05, 3.63) is 35.4 Å². The summed E-state index contributed by atoms with van der Waals surface area (Å²) >= 11 is 0. The van der Waals surface area contributed by atoms with Crippen LogP contribution in [0.4, 0.5) is 0 Å². The van der Waals surface area contributed by atoms with Gasteiger partial charge in [0.2, 0.25) is 0 Å². The van der Waals surface area contributed by atoms with Gasteiger partial charge in [0.1, 0.15) is 0 Å². The number of carboxylic acid groups (broad SMARTS) is 1. The van der Waals surface area contributed by atoms with Gasteiger partial charge in [-0.15, -0.1) is 0 Å². The van der Waals surface area contributed by atoms with Gasteiger partial charge in [-0.25, -0.2) is 4.79 Å². The lowest BCUT2D eigenvalue weighted by Crippen LogP contribution is -2.07. The lowest BCUT2D eigenvalue weighted by Gasteiger charge is -2.08. The zero-order chi connectivity index (χ0) is 13.5. The molecule has 3 nitrogen and oxygen atoms in total. The molecule has 0 aliphatic rings. The third kappa shape index (κ3) is 4.32. The fourth-order valence-electron chi connectivity index (χ4n) is 1.92. The third-order valence-corrected chi connectivity index (χ3v) is 2.78. The van der Waals surface area contributed by atoms with E-state index in [1.807, 2.05) is 12.1 Å². The maximum Gasteiger partial charge on any atom is 0.335 e. The van der Waals surface area contributed by atoms with Crippen LogP contribution in [0.15, 0.2) is 29.3 Å². The van der Waals surface area contributed by atoms with Crippen molar-refractivity contribution >= 4 is 11.7 Å². The number of aromatic carboxylic acids is 1. The van der Waals surface area contributed by atoms with Gasteiger partial charge >= 0.3 is 5.97 Å². The SMILES string of the molecule is CCC(CCc1ccccc1C(=O)O)=NC(C)C. The zero-order valence-electron chi connectivity index (χ0n) is 11.3. The van der Waals surface area contributed by atoms with Crippen molar-refractivity contribution in [1.82, 2.24) is 0 Å². The lowest BCUT2D eigenvalue weighted by molar-refractivity contribution is 0.0695. The summed E-state index contributed by atoms with van der Waals surface area (Å²) in [6.07, 6.45) is 2.49. The van der Waals surface area contributed by atoms with E-state index in [0.717, 1.165) is 30.5 Å². The second-order valence-electron chi connectivity index (χ2n) is 4.60. The second kappa shape index (κ2) is 6.94. The topological polar surface area (TPSA) is 49.7 Å². The third-order valence-electron chi connectivity index (χ3n) is 2.78. The molecule has 0 saturated heterocycles. The smallest absolute Gasteiger partial charge is 0.335 e. The van der Waals surface area contributed by atoms with Gasteiger partial charge in [0.25, 0.3) is 0 Å². The first kappa shape index (κ1) is 14.4.